The molecule has 12 heavy (non-hydrogen) atoms. The fraction of sp³-hybridized carbons (Fsp3) is 0.273. The Balaban J connectivity index is 4.87. The smallest absolute Gasteiger partial charge is 0.106 e. The molecule has 0 aromatic rings. The molecular weight excluding hydrogens is 160 g/mol. The molecule has 0 radical (unpaired) electrons. The van der Waals surface area contributed by atoms with E-state index in [1.54, 1.807) is 0 Å². The normalized spacial score (nSPS) is 13.6. The van der Waals surface area contributed by atoms with Crippen molar-refractivity contribution < 1.29 is 0 Å². The molecule has 0 aliphatic carbocycles. The summed E-state index contributed by atoms with van der Waals surface area (Å²) in [4.78, 5) is 0. The molecule has 0 amide bonds. The fourth-order valence-electron chi connectivity index (χ4n) is 1.24. The van der Waals surface area contributed by atoms with Crippen molar-refractivity contribution in [2.24, 2.45) is 0 Å². The zero-order valence-corrected chi connectivity index (χ0v) is 9.25. The van der Waals surface area contributed by atoms with Crippen LogP contribution in [0.4, 0.5) is 0 Å². The summed E-state index contributed by atoms with van der Waals surface area (Å²) in [5.41, 5.74) is 8.87. The molecule has 0 aliphatic heterocycles. The van der Waals surface area contributed by atoms with Gasteiger partial charge in [-0.2, -0.15) is 0 Å². The highest BCUT2D eigenvalue weighted by Gasteiger charge is 2.17. The van der Waals surface area contributed by atoms with Gasteiger partial charge in [-0.15, -0.1) is 6.58 Å². The summed E-state index contributed by atoms with van der Waals surface area (Å²) in [7, 11) is -1.55. The maximum atomic E-state index is 3.90. The molecule has 0 N–H and O–H groups in total. The molecule has 0 saturated heterocycles. The Bertz CT molecular complexity index is 178. The van der Waals surface area contributed by atoms with E-state index in [0.29, 0.717) is 0 Å². The Morgan fingerprint density at radius 2 is 1.17 bits per heavy atom. The Kier molecular flexibility index (Phi) is 5.38. The van der Waals surface area contributed by atoms with Gasteiger partial charge in [-0.1, -0.05) is 41.0 Å². The van der Waals surface area contributed by atoms with Crippen LogP contribution in [-0.4, -0.2) is 8.07 Å². The van der Waals surface area contributed by atoms with E-state index in [0.717, 1.165) is 0 Å². The number of allylic oxidation sites excluding steroid dienone is 3. The Hall–Kier alpha value is -0.823. The Morgan fingerprint density at radius 3 is 1.33 bits per heavy atom. The van der Waals surface area contributed by atoms with Crippen LogP contribution in [0.25, 0.3) is 0 Å². The predicted molar refractivity (Wildman–Crippen MR) is 60.4 cm³/mol. The van der Waals surface area contributed by atoms with Gasteiger partial charge in [-0.05, 0) is 20.8 Å². The standard InChI is InChI=1S/C11H18Si/c1-5-9-12(8-4,10-6-2)11-7-3/h5-11H,4H2,1-3H3/b9-5+,10-6+,11-7+. The second-order valence-corrected chi connectivity index (χ2v) is 6.11. The van der Waals surface area contributed by atoms with Gasteiger partial charge in [0.2, 0.25) is 0 Å². The molecule has 0 heterocycles. The van der Waals surface area contributed by atoms with Crippen LogP contribution in [0, 0.1) is 0 Å². The second kappa shape index (κ2) is 5.78. The third-order valence-electron chi connectivity index (χ3n) is 1.72. The third kappa shape index (κ3) is 3.05. The first kappa shape index (κ1) is 11.2. The van der Waals surface area contributed by atoms with Gasteiger partial charge in [0.25, 0.3) is 0 Å². The molecule has 0 nitrogen and oxygen atoms in total. The van der Waals surface area contributed by atoms with Crippen LogP contribution in [0.3, 0.4) is 0 Å². The van der Waals surface area contributed by atoms with E-state index in [-0.39, 0.29) is 0 Å². The molecular formula is C11H18Si. The number of hydrogen-bond acceptors (Lipinski definition) is 0. The van der Waals surface area contributed by atoms with E-state index in [9.17, 15) is 0 Å². The van der Waals surface area contributed by atoms with Crippen molar-refractivity contribution in [2.45, 2.75) is 20.8 Å². The second-order valence-electron chi connectivity index (χ2n) is 2.70. The van der Waals surface area contributed by atoms with E-state index in [1.165, 1.54) is 0 Å². The minimum absolute atomic E-state index is 1.55. The highest BCUT2D eigenvalue weighted by molar-refractivity contribution is 6.97. The van der Waals surface area contributed by atoms with Gasteiger partial charge >= 0.3 is 0 Å². The zero-order valence-electron chi connectivity index (χ0n) is 8.25. The monoisotopic (exact) mass is 178 g/mol. The van der Waals surface area contributed by atoms with Crippen molar-refractivity contribution in [1.29, 1.82) is 0 Å². The minimum Gasteiger partial charge on any atom is -0.106 e. The molecule has 0 saturated carbocycles. The maximum Gasteiger partial charge on any atom is 0.149 e. The molecule has 0 unspecified atom stereocenters. The lowest BCUT2D eigenvalue weighted by Crippen LogP contribution is -2.24. The van der Waals surface area contributed by atoms with Crippen molar-refractivity contribution in [1.82, 2.24) is 0 Å². The first-order valence-corrected chi connectivity index (χ1v) is 6.60. The van der Waals surface area contributed by atoms with Crippen LogP contribution in [0.2, 0.25) is 0 Å². The van der Waals surface area contributed by atoms with E-state index in [2.05, 4.69) is 68.4 Å². The Labute approximate surface area is 77.0 Å². The van der Waals surface area contributed by atoms with Gasteiger partial charge in [-0.25, -0.2) is 0 Å². The highest BCUT2D eigenvalue weighted by Crippen LogP contribution is 2.10. The zero-order chi connectivity index (χ0) is 9.45. The van der Waals surface area contributed by atoms with Gasteiger partial charge < -0.3 is 0 Å². The van der Waals surface area contributed by atoms with Crippen molar-refractivity contribution in [3.63, 3.8) is 0 Å². The molecule has 0 aliphatic rings. The van der Waals surface area contributed by atoms with Crippen LogP contribution in [0.1, 0.15) is 20.8 Å². The van der Waals surface area contributed by atoms with Crippen molar-refractivity contribution in [3.05, 3.63) is 47.6 Å². The summed E-state index contributed by atoms with van der Waals surface area (Å²) >= 11 is 0. The molecule has 0 atom stereocenters. The summed E-state index contributed by atoms with van der Waals surface area (Å²) in [6.45, 7) is 10.1. The van der Waals surface area contributed by atoms with Gasteiger partial charge in [0, 0.05) is 0 Å². The van der Waals surface area contributed by atoms with Crippen LogP contribution < -0.4 is 0 Å². The molecule has 0 bridgehead atoms. The quantitative estimate of drug-likeness (QED) is 0.578. The third-order valence-corrected chi connectivity index (χ3v) is 5.16. The molecule has 0 aromatic carbocycles. The Morgan fingerprint density at radius 1 is 0.833 bits per heavy atom. The maximum absolute atomic E-state index is 3.90. The van der Waals surface area contributed by atoms with E-state index < -0.39 is 8.07 Å². The summed E-state index contributed by atoms with van der Waals surface area (Å²) in [5, 5.41) is 0. The number of rotatable bonds is 4. The lowest BCUT2D eigenvalue weighted by molar-refractivity contribution is 1.71. The predicted octanol–water partition coefficient (Wildman–Crippen LogP) is 3.51. The lowest BCUT2D eigenvalue weighted by atomic mass is 10.8. The van der Waals surface area contributed by atoms with E-state index >= 15 is 0 Å². The summed E-state index contributed by atoms with van der Waals surface area (Å²) in [6.07, 6.45) is 6.32. The molecule has 1 heteroatoms. The lowest BCUT2D eigenvalue weighted by Gasteiger charge is -2.14. The largest absolute Gasteiger partial charge is 0.149 e. The first-order valence-electron chi connectivity index (χ1n) is 4.29. The molecule has 0 aromatic heterocycles. The van der Waals surface area contributed by atoms with Gasteiger partial charge in [0.15, 0.2) is 0 Å². The van der Waals surface area contributed by atoms with Crippen molar-refractivity contribution in [3.8, 4) is 0 Å². The molecule has 0 rings (SSSR count). The molecule has 66 valence electrons. The van der Waals surface area contributed by atoms with Crippen molar-refractivity contribution >= 4 is 8.07 Å². The fourth-order valence-corrected chi connectivity index (χ4v) is 3.71. The average Bonchev–Trinajstić information content (AvgIpc) is 2.06. The summed E-state index contributed by atoms with van der Waals surface area (Å²) < 4.78 is 0. The van der Waals surface area contributed by atoms with Crippen molar-refractivity contribution in [2.75, 3.05) is 0 Å². The van der Waals surface area contributed by atoms with E-state index in [1.807, 2.05) is 0 Å². The van der Waals surface area contributed by atoms with Gasteiger partial charge in [0.1, 0.15) is 8.07 Å². The van der Waals surface area contributed by atoms with Gasteiger partial charge in [0.05, 0.1) is 0 Å². The molecule has 0 spiro atoms. The summed E-state index contributed by atoms with van der Waals surface area (Å²) in [5.74, 6) is 0. The average molecular weight is 178 g/mol. The SMILES string of the molecule is C=C[Si](/C=C/C)(/C=C/C)/C=C/C. The highest BCUT2D eigenvalue weighted by atomic mass is 28.3. The number of hydrogen-bond donors (Lipinski definition) is 0. The van der Waals surface area contributed by atoms with Gasteiger partial charge in [-0.3, -0.25) is 0 Å². The van der Waals surface area contributed by atoms with Crippen LogP contribution in [0.5, 0.6) is 0 Å². The van der Waals surface area contributed by atoms with Crippen LogP contribution >= 0.6 is 0 Å². The minimum atomic E-state index is -1.55. The molecule has 0 fully saturated rings. The summed E-state index contributed by atoms with van der Waals surface area (Å²) in [6, 6.07) is 0. The van der Waals surface area contributed by atoms with Crippen LogP contribution in [0.15, 0.2) is 47.6 Å². The topological polar surface area (TPSA) is 0 Å². The van der Waals surface area contributed by atoms with Crippen LogP contribution in [-0.2, 0) is 0 Å². The first-order chi connectivity index (χ1) is 5.74. The van der Waals surface area contributed by atoms with E-state index in [4.69, 9.17) is 0 Å².